The van der Waals surface area contributed by atoms with E-state index in [2.05, 4.69) is 15.9 Å². The van der Waals surface area contributed by atoms with E-state index in [1.807, 2.05) is 26.0 Å². The molecular weight excluding hydrogens is 308 g/mol. The first-order valence-electron chi connectivity index (χ1n) is 6.07. The monoisotopic (exact) mass is 322 g/mol. The minimum absolute atomic E-state index is 0.320. The topological polar surface area (TPSA) is 44.0 Å². The standard InChI is InChI=1S/C14H15BrN2O2/c1-10(2)9-16-7-8-17(14(19)13(16)18)12-5-3-11(15)4-6-12/h3-8,10H,9H2,1-2H3. The fourth-order valence-electron chi connectivity index (χ4n) is 1.85. The highest BCUT2D eigenvalue weighted by atomic mass is 79.9. The van der Waals surface area contributed by atoms with Gasteiger partial charge in [0, 0.05) is 29.1 Å². The molecule has 0 aliphatic carbocycles. The van der Waals surface area contributed by atoms with Crippen molar-refractivity contribution in [3.63, 3.8) is 0 Å². The van der Waals surface area contributed by atoms with Crippen LogP contribution in [-0.2, 0) is 6.54 Å². The van der Waals surface area contributed by atoms with E-state index in [1.165, 1.54) is 9.13 Å². The first-order valence-corrected chi connectivity index (χ1v) is 6.86. The third-order valence-electron chi connectivity index (χ3n) is 2.72. The predicted molar refractivity (Wildman–Crippen MR) is 78.8 cm³/mol. The molecule has 0 aliphatic rings. The zero-order chi connectivity index (χ0) is 14.0. The van der Waals surface area contributed by atoms with Crippen molar-refractivity contribution in [3.05, 3.63) is 61.8 Å². The van der Waals surface area contributed by atoms with Crippen LogP contribution >= 0.6 is 15.9 Å². The number of aromatic nitrogens is 2. The van der Waals surface area contributed by atoms with Gasteiger partial charge in [0.25, 0.3) is 0 Å². The molecule has 0 spiro atoms. The van der Waals surface area contributed by atoms with Gasteiger partial charge >= 0.3 is 11.1 Å². The molecule has 2 rings (SSSR count). The third-order valence-corrected chi connectivity index (χ3v) is 3.25. The van der Waals surface area contributed by atoms with Crippen LogP contribution in [0.2, 0.25) is 0 Å². The van der Waals surface area contributed by atoms with Crippen molar-refractivity contribution in [2.75, 3.05) is 0 Å². The van der Waals surface area contributed by atoms with Crippen LogP contribution in [0.1, 0.15) is 13.8 Å². The number of benzene rings is 1. The lowest BCUT2D eigenvalue weighted by Crippen LogP contribution is -2.40. The quantitative estimate of drug-likeness (QED) is 0.814. The van der Waals surface area contributed by atoms with Crippen LogP contribution in [0, 0.1) is 5.92 Å². The molecule has 1 aromatic heterocycles. The molecule has 0 fully saturated rings. The van der Waals surface area contributed by atoms with E-state index in [1.54, 1.807) is 24.5 Å². The summed E-state index contributed by atoms with van der Waals surface area (Å²) in [6, 6.07) is 7.25. The Kier molecular flexibility index (Phi) is 4.04. The summed E-state index contributed by atoms with van der Waals surface area (Å²) in [6.45, 7) is 4.56. The van der Waals surface area contributed by atoms with Crippen LogP contribution in [0.15, 0.2) is 50.7 Å². The molecule has 0 atom stereocenters. The Hall–Kier alpha value is -1.62. The summed E-state index contributed by atoms with van der Waals surface area (Å²) in [7, 11) is 0. The van der Waals surface area contributed by atoms with Crippen molar-refractivity contribution in [1.82, 2.24) is 9.13 Å². The van der Waals surface area contributed by atoms with Crippen LogP contribution in [0.25, 0.3) is 5.69 Å². The second kappa shape index (κ2) is 5.57. The van der Waals surface area contributed by atoms with Crippen LogP contribution in [-0.4, -0.2) is 9.13 Å². The largest absolute Gasteiger partial charge is 0.320 e. The molecule has 0 radical (unpaired) electrons. The number of hydrogen-bond acceptors (Lipinski definition) is 2. The van der Waals surface area contributed by atoms with E-state index in [9.17, 15) is 9.59 Å². The number of halogens is 1. The first kappa shape index (κ1) is 13.8. The van der Waals surface area contributed by atoms with Gasteiger partial charge in [-0.1, -0.05) is 29.8 Å². The molecule has 0 amide bonds. The molecule has 19 heavy (non-hydrogen) atoms. The van der Waals surface area contributed by atoms with Gasteiger partial charge in [-0.2, -0.15) is 0 Å². The van der Waals surface area contributed by atoms with Crippen molar-refractivity contribution >= 4 is 15.9 Å². The van der Waals surface area contributed by atoms with Gasteiger partial charge in [-0.05, 0) is 30.2 Å². The molecule has 100 valence electrons. The Labute approximate surface area is 119 Å². The van der Waals surface area contributed by atoms with Gasteiger partial charge in [0.05, 0.1) is 0 Å². The maximum absolute atomic E-state index is 12.1. The lowest BCUT2D eigenvalue weighted by atomic mass is 10.2. The SMILES string of the molecule is CC(C)Cn1ccn(-c2ccc(Br)cc2)c(=O)c1=O. The summed E-state index contributed by atoms with van der Waals surface area (Å²) in [6.07, 6.45) is 3.29. The Morgan fingerprint density at radius 1 is 1.05 bits per heavy atom. The van der Waals surface area contributed by atoms with Crippen molar-refractivity contribution in [3.8, 4) is 5.69 Å². The van der Waals surface area contributed by atoms with Gasteiger partial charge < -0.3 is 4.57 Å². The average molecular weight is 323 g/mol. The second-order valence-corrected chi connectivity index (χ2v) is 5.72. The zero-order valence-corrected chi connectivity index (χ0v) is 12.4. The van der Waals surface area contributed by atoms with E-state index >= 15 is 0 Å². The summed E-state index contributed by atoms with van der Waals surface area (Å²) >= 11 is 3.34. The Balaban J connectivity index is 2.50. The number of rotatable bonds is 3. The fraction of sp³-hybridized carbons (Fsp3) is 0.286. The van der Waals surface area contributed by atoms with Crippen LogP contribution in [0.5, 0.6) is 0 Å². The molecule has 4 nitrogen and oxygen atoms in total. The van der Waals surface area contributed by atoms with Gasteiger partial charge in [-0.25, -0.2) is 0 Å². The Bertz CT molecular complexity index is 684. The molecule has 0 N–H and O–H groups in total. The van der Waals surface area contributed by atoms with E-state index in [0.29, 0.717) is 18.2 Å². The average Bonchev–Trinajstić information content (AvgIpc) is 2.36. The summed E-state index contributed by atoms with van der Waals surface area (Å²) in [5.74, 6) is 0.320. The molecule has 5 heteroatoms. The van der Waals surface area contributed by atoms with Crippen molar-refractivity contribution < 1.29 is 0 Å². The first-order chi connectivity index (χ1) is 8.99. The maximum atomic E-state index is 12.1. The lowest BCUT2D eigenvalue weighted by Gasteiger charge is -2.10. The maximum Gasteiger partial charge on any atom is 0.320 e. The molecule has 1 heterocycles. The van der Waals surface area contributed by atoms with Crippen LogP contribution < -0.4 is 11.1 Å². The van der Waals surface area contributed by atoms with Crippen LogP contribution in [0.4, 0.5) is 0 Å². The third kappa shape index (κ3) is 3.04. The molecule has 0 bridgehead atoms. The minimum Gasteiger partial charge on any atom is -0.309 e. The molecule has 1 aromatic carbocycles. The smallest absolute Gasteiger partial charge is 0.309 e. The fourth-order valence-corrected chi connectivity index (χ4v) is 2.11. The number of hydrogen-bond donors (Lipinski definition) is 0. The van der Waals surface area contributed by atoms with E-state index in [4.69, 9.17) is 0 Å². The number of nitrogens with zero attached hydrogens (tertiary/aromatic N) is 2. The molecule has 0 unspecified atom stereocenters. The summed E-state index contributed by atoms with van der Waals surface area (Å²) in [5.41, 5.74) is -0.327. The Morgan fingerprint density at radius 2 is 1.68 bits per heavy atom. The summed E-state index contributed by atoms with van der Waals surface area (Å²) in [5, 5.41) is 0. The van der Waals surface area contributed by atoms with Crippen LogP contribution in [0.3, 0.4) is 0 Å². The lowest BCUT2D eigenvalue weighted by molar-refractivity contribution is 0.504. The zero-order valence-electron chi connectivity index (χ0n) is 10.8. The van der Waals surface area contributed by atoms with Gasteiger partial charge in [-0.3, -0.25) is 14.2 Å². The molecule has 0 saturated heterocycles. The van der Waals surface area contributed by atoms with Crippen molar-refractivity contribution in [2.24, 2.45) is 5.92 Å². The van der Waals surface area contributed by atoms with Gasteiger partial charge in [0.15, 0.2) is 0 Å². The van der Waals surface area contributed by atoms with Gasteiger partial charge in [0.1, 0.15) is 0 Å². The van der Waals surface area contributed by atoms with Gasteiger partial charge in [0.2, 0.25) is 0 Å². The highest BCUT2D eigenvalue weighted by Crippen LogP contribution is 2.12. The normalized spacial score (nSPS) is 10.9. The Morgan fingerprint density at radius 3 is 2.26 bits per heavy atom. The van der Waals surface area contributed by atoms with E-state index < -0.39 is 11.1 Å². The van der Waals surface area contributed by atoms with E-state index in [-0.39, 0.29) is 0 Å². The summed E-state index contributed by atoms with van der Waals surface area (Å²) < 4.78 is 3.76. The molecule has 0 aliphatic heterocycles. The molecule has 2 aromatic rings. The minimum atomic E-state index is -0.523. The highest BCUT2D eigenvalue weighted by molar-refractivity contribution is 9.10. The second-order valence-electron chi connectivity index (χ2n) is 4.80. The molecule has 0 saturated carbocycles. The molecular formula is C14H15BrN2O2. The van der Waals surface area contributed by atoms with Crippen molar-refractivity contribution in [1.29, 1.82) is 0 Å². The van der Waals surface area contributed by atoms with Gasteiger partial charge in [-0.15, -0.1) is 0 Å². The summed E-state index contributed by atoms with van der Waals surface area (Å²) in [4.78, 5) is 24.1. The predicted octanol–water partition coefficient (Wildman–Crippen LogP) is 2.42. The van der Waals surface area contributed by atoms with Crippen molar-refractivity contribution in [2.45, 2.75) is 20.4 Å². The highest BCUT2D eigenvalue weighted by Gasteiger charge is 2.07. The van der Waals surface area contributed by atoms with E-state index in [0.717, 1.165) is 4.47 Å².